The lowest BCUT2D eigenvalue weighted by molar-refractivity contribution is 0.489. The number of rotatable bonds is 4. The lowest BCUT2D eigenvalue weighted by Crippen LogP contribution is -1.91. The van der Waals surface area contributed by atoms with E-state index in [-0.39, 0.29) is 0 Å². The summed E-state index contributed by atoms with van der Waals surface area (Å²) in [6.07, 6.45) is 3.58. The van der Waals surface area contributed by atoms with Crippen LogP contribution < -0.4 is 5.73 Å². The summed E-state index contributed by atoms with van der Waals surface area (Å²) in [5.74, 6) is 0. The van der Waals surface area contributed by atoms with Crippen molar-refractivity contribution in [2.45, 2.75) is 30.0 Å². The van der Waals surface area contributed by atoms with Gasteiger partial charge in [0.2, 0.25) is 0 Å². The van der Waals surface area contributed by atoms with Gasteiger partial charge in [-0.25, -0.2) is 15.0 Å². The molecular formula is C14H14N4OS. The van der Waals surface area contributed by atoms with Crippen LogP contribution in [-0.2, 0) is 6.42 Å². The van der Waals surface area contributed by atoms with Gasteiger partial charge < -0.3 is 10.2 Å². The maximum Gasteiger partial charge on any atom is 0.263 e. The van der Waals surface area contributed by atoms with Crippen LogP contribution in [0.5, 0.6) is 0 Å². The molecule has 102 valence electrons. The minimum atomic E-state index is 0.562. The molecule has 0 saturated heterocycles. The quantitative estimate of drug-likeness (QED) is 0.585. The van der Waals surface area contributed by atoms with Crippen LogP contribution in [0, 0.1) is 0 Å². The summed E-state index contributed by atoms with van der Waals surface area (Å²) in [6.45, 7) is 2.13. The van der Waals surface area contributed by atoms with Crippen LogP contribution in [0.3, 0.4) is 0 Å². The van der Waals surface area contributed by atoms with Crippen molar-refractivity contribution >= 4 is 28.5 Å². The number of nitrogens with two attached hydrogens (primary N) is 1. The Kier molecular flexibility index (Phi) is 3.56. The Hall–Kier alpha value is -2.08. The van der Waals surface area contributed by atoms with Crippen LogP contribution in [0.15, 0.2) is 45.3 Å². The fourth-order valence-electron chi connectivity index (χ4n) is 1.88. The van der Waals surface area contributed by atoms with Crippen LogP contribution in [0.4, 0.5) is 5.69 Å². The predicted molar refractivity (Wildman–Crippen MR) is 78.6 cm³/mol. The number of nitrogens with zero attached hydrogens (tertiary/aromatic N) is 3. The smallest absolute Gasteiger partial charge is 0.263 e. The molecule has 0 saturated carbocycles. The minimum absolute atomic E-state index is 0.562. The van der Waals surface area contributed by atoms with Gasteiger partial charge in [0.25, 0.3) is 5.22 Å². The van der Waals surface area contributed by atoms with Crippen molar-refractivity contribution in [1.29, 1.82) is 0 Å². The first-order valence-corrected chi connectivity index (χ1v) is 7.21. The van der Waals surface area contributed by atoms with Crippen molar-refractivity contribution in [1.82, 2.24) is 15.0 Å². The number of nitrogen functional groups attached to an aromatic ring is 1. The fourth-order valence-corrected chi connectivity index (χ4v) is 2.63. The number of hydrogen-bond donors (Lipinski definition) is 1. The molecule has 0 spiro atoms. The Balaban J connectivity index is 1.87. The third kappa shape index (κ3) is 2.75. The van der Waals surface area contributed by atoms with E-state index in [0.29, 0.717) is 16.5 Å². The summed E-state index contributed by atoms with van der Waals surface area (Å²) in [7, 11) is 0. The van der Waals surface area contributed by atoms with E-state index in [9.17, 15) is 0 Å². The number of aryl methyl sites for hydroxylation is 1. The van der Waals surface area contributed by atoms with Gasteiger partial charge in [0.15, 0.2) is 5.58 Å². The number of fused-ring (bicyclic) bond motifs is 1. The lowest BCUT2D eigenvalue weighted by atomic mass is 10.2. The second-order valence-corrected chi connectivity index (χ2v) is 5.38. The SMILES string of the molecule is CCCc1cc(Sc2nc3ccc(N)cc3o2)ncn1. The van der Waals surface area contributed by atoms with E-state index < -0.39 is 0 Å². The van der Waals surface area contributed by atoms with E-state index in [1.807, 2.05) is 18.2 Å². The molecule has 1 aromatic carbocycles. The molecule has 2 N–H and O–H groups in total. The molecule has 0 bridgehead atoms. The zero-order valence-corrected chi connectivity index (χ0v) is 11.9. The molecule has 2 aromatic heterocycles. The monoisotopic (exact) mass is 286 g/mol. The maximum atomic E-state index is 5.72. The lowest BCUT2D eigenvalue weighted by Gasteiger charge is -1.99. The molecule has 0 fully saturated rings. The van der Waals surface area contributed by atoms with E-state index in [1.54, 1.807) is 12.4 Å². The van der Waals surface area contributed by atoms with Crippen LogP contribution in [0.1, 0.15) is 19.0 Å². The average Bonchev–Trinajstić information content (AvgIpc) is 2.81. The van der Waals surface area contributed by atoms with Crippen molar-refractivity contribution in [3.8, 4) is 0 Å². The maximum absolute atomic E-state index is 5.72. The highest BCUT2D eigenvalue weighted by molar-refractivity contribution is 7.99. The molecule has 0 aliphatic rings. The molecule has 5 nitrogen and oxygen atoms in total. The largest absolute Gasteiger partial charge is 0.431 e. The van der Waals surface area contributed by atoms with Gasteiger partial charge in [0.05, 0.1) is 0 Å². The van der Waals surface area contributed by atoms with Gasteiger partial charge in [0.1, 0.15) is 16.9 Å². The molecule has 20 heavy (non-hydrogen) atoms. The van der Waals surface area contributed by atoms with E-state index in [1.165, 1.54) is 11.8 Å². The van der Waals surface area contributed by atoms with Gasteiger partial charge in [-0.05, 0) is 36.4 Å². The van der Waals surface area contributed by atoms with E-state index in [0.717, 1.165) is 29.1 Å². The van der Waals surface area contributed by atoms with E-state index >= 15 is 0 Å². The highest BCUT2D eigenvalue weighted by atomic mass is 32.2. The molecule has 0 aliphatic carbocycles. The Morgan fingerprint density at radius 2 is 2.15 bits per heavy atom. The number of oxazole rings is 1. The summed E-state index contributed by atoms with van der Waals surface area (Å²) >= 11 is 1.39. The molecule has 0 amide bonds. The Labute approximate surface area is 120 Å². The zero-order valence-electron chi connectivity index (χ0n) is 11.0. The predicted octanol–water partition coefficient (Wildman–Crippen LogP) is 3.30. The minimum Gasteiger partial charge on any atom is -0.431 e. The Morgan fingerprint density at radius 3 is 3.00 bits per heavy atom. The highest BCUT2D eigenvalue weighted by Crippen LogP contribution is 2.29. The normalized spacial score (nSPS) is 11.1. The fraction of sp³-hybridized carbons (Fsp3) is 0.214. The summed E-state index contributed by atoms with van der Waals surface area (Å²) in [4.78, 5) is 12.9. The van der Waals surface area contributed by atoms with Crippen LogP contribution >= 0.6 is 11.8 Å². The molecule has 6 heteroatoms. The van der Waals surface area contributed by atoms with Crippen LogP contribution in [0.25, 0.3) is 11.1 Å². The van der Waals surface area contributed by atoms with Crippen molar-refractivity contribution in [2.24, 2.45) is 0 Å². The molecule has 0 radical (unpaired) electrons. The Morgan fingerprint density at radius 1 is 1.25 bits per heavy atom. The van der Waals surface area contributed by atoms with E-state index in [2.05, 4.69) is 21.9 Å². The standard InChI is InChI=1S/C14H14N4OS/c1-2-3-10-7-13(17-8-16-10)20-14-18-11-5-4-9(15)6-12(11)19-14/h4-8H,2-3,15H2,1H3. The third-order valence-corrected chi connectivity index (χ3v) is 3.57. The van der Waals surface area contributed by atoms with Crippen LogP contribution in [0.2, 0.25) is 0 Å². The number of aromatic nitrogens is 3. The highest BCUT2D eigenvalue weighted by Gasteiger charge is 2.09. The summed E-state index contributed by atoms with van der Waals surface area (Å²) in [5.41, 5.74) is 8.91. The average molecular weight is 286 g/mol. The van der Waals surface area contributed by atoms with Gasteiger partial charge in [-0.3, -0.25) is 0 Å². The van der Waals surface area contributed by atoms with E-state index in [4.69, 9.17) is 10.2 Å². The zero-order chi connectivity index (χ0) is 13.9. The second-order valence-electron chi connectivity index (χ2n) is 4.41. The van der Waals surface area contributed by atoms with Crippen molar-refractivity contribution < 1.29 is 4.42 Å². The summed E-state index contributed by atoms with van der Waals surface area (Å²) in [5, 5.41) is 1.40. The van der Waals surface area contributed by atoms with Gasteiger partial charge in [-0.2, -0.15) is 0 Å². The molecule has 3 rings (SSSR count). The Bertz CT molecular complexity index is 741. The molecule has 3 aromatic rings. The van der Waals surface area contributed by atoms with Crippen molar-refractivity contribution in [2.75, 3.05) is 5.73 Å². The summed E-state index contributed by atoms with van der Waals surface area (Å²) in [6, 6.07) is 7.40. The second kappa shape index (κ2) is 5.50. The number of hydrogen-bond acceptors (Lipinski definition) is 6. The first kappa shape index (κ1) is 12.9. The molecular weight excluding hydrogens is 272 g/mol. The summed E-state index contributed by atoms with van der Waals surface area (Å²) < 4.78 is 5.66. The first-order chi connectivity index (χ1) is 9.74. The third-order valence-electron chi connectivity index (χ3n) is 2.79. The molecule has 0 aliphatic heterocycles. The van der Waals surface area contributed by atoms with Gasteiger partial charge in [-0.15, -0.1) is 0 Å². The van der Waals surface area contributed by atoms with Gasteiger partial charge in [-0.1, -0.05) is 13.3 Å². The van der Waals surface area contributed by atoms with Crippen LogP contribution in [-0.4, -0.2) is 15.0 Å². The molecule has 2 heterocycles. The van der Waals surface area contributed by atoms with Crippen molar-refractivity contribution in [3.05, 3.63) is 36.3 Å². The molecule has 0 unspecified atom stereocenters. The molecule has 0 atom stereocenters. The van der Waals surface area contributed by atoms with Crippen molar-refractivity contribution in [3.63, 3.8) is 0 Å². The number of benzene rings is 1. The topological polar surface area (TPSA) is 77.8 Å². The van der Waals surface area contributed by atoms with Gasteiger partial charge >= 0.3 is 0 Å². The number of anilines is 1. The first-order valence-electron chi connectivity index (χ1n) is 6.39. The van der Waals surface area contributed by atoms with Gasteiger partial charge in [0, 0.05) is 17.4 Å².